The molecule has 76 valence electrons. The molecule has 0 aromatic rings. The number of carbonyl (C=O) groups is 1. The van der Waals surface area contributed by atoms with Gasteiger partial charge in [0.05, 0.1) is 6.61 Å². The lowest BCUT2D eigenvalue weighted by Gasteiger charge is -2.20. The van der Waals surface area contributed by atoms with Crippen molar-refractivity contribution in [2.45, 2.75) is 39.0 Å². The zero-order valence-electron chi connectivity index (χ0n) is 8.34. The maximum Gasteiger partial charge on any atom is 0.407 e. The van der Waals surface area contributed by atoms with Crippen LogP contribution in [0.2, 0.25) is 0 Å². The summed E-state index contributed by atoms with van der Waals surface area (Å²) >= 11 is 0. The van der Waals surface area contributed by atoms with Crippen molar-refractivity contribution in [2.75, 3.05) is 13.2 Å². The highest BCUT2D eigenvalue weighted by molar-refractivity contribution is 5.66. The molecule has 0 saturated heterocycles. The van der Waals surface area contributed by atoms with Gasteiger partial charge in [-0.3, -0.25) is 0 Å². The minimum Gasteiger partial charge on any atom is -0.449 e. The van der Waals surface area contributed by atoms with Crippen molar-refractivity contribution >= 4 is 6.09 Å². The first kappa shape index (κ1) is 10.4. The Morgan fingerprint density at radius 2 is 2.08 bits per heavy atom. The standard InChI is InChI=1S/C10H19NO2/c1-2-11-10(12)13-8-9-6-4-3-5-7-9/h9H,2-8H2,1H3,(H,11,12). The number of nitrogens with one attached hydrogen (secondary N) is 1. The smallest absolute Gasteiger partial charge is 0.407 e. The van der Waals surface area contributed by atoms with Gasteiger partial charge in [0, 0.05) is 6.54 Å². The zero-order chi connectivity index (χ0) is 9.52. The first-order valence-corrected chi connectivity index (χ1v) is 5.23. The third-order valence-corrected chi connectivity index (χ3v) is 2.50. The lowest BCUT2D eigenvalue weighted by atomic mass is 9.90. The molecule has 0 aromatic heterocycles. The van der Waals surface area contributed by atoms with Gasteiger partial charge in [-0.25, -0.2) is 4.79 Å². The third-order valence-electron chi connectivity index (χ3n) is 2.50. The second kappa shape index (κ2) is 5.84. The zero-order valence-corrected chi connectivity index (χ0v) is 8.34. The molecule has 0 aliphatic heterocycles. The van der Waals surface area contributed by atoms with Crippen molar-refractivity contribution < 1.29 is 9.53 Å². The van der Waals surface area contributed by atoms with E-state index < -0.39 is 0 Å². The molecule has 0 heterocycles. The van der Waals surface area contributed by atoms with Gasteiger partial charge in [-0.15, -0.1) is 0 Å². The Labute approximate surface area is 79.8 Å². The normalized spacial score (nSPS) is 18.2. The second-order valence-electron chi connectivity index (χ2n) is 3.63. The van der Waals surface area contributed by atoms with Crippen LogP contribution in [0.1, 0.15) is 39.0 Å². The van der Waals surface area contributed by atoms with Crippen molar-refractivity contribution in [3.05, 3.63) is 0 Å². The van der Waals surface area contributed by atoms with Crippen LogP contribution in [-0.2, 0) is 4.74 Å². The van der Waals surface area contributed by atoms with Crippen LogP contribution in [0.25, 0.3) is 0 Å². The van der Waals surface area contributed by atoms with Crippen LogP contribution in [0.15, 0.2) is 0 Å². The highest BCUT2D eigenvalue weighted by atomic mass is 16.5. The first-order valence-electron chi connectivity index (χ1n) is 5.23. The van der Waals surface area contributed by atoms with Crippen LogP contribution < -0.4 is 5.32 Å². The molecular formula is C10H19NO2. The number of rotatable bonds is 3. The predicted molar refractivity (Wildman–Crippen MR) is 51.6 cm³/mol. The van der Waals surface area contributed by atoms with Gasteiger partial charge in [0.25, 0.3) is 0 Å². The molecule has 0 radical (unpaired) electrons. The minimum absolute atomic E-state index is 0.270. The maximum atomic E-state index is 11.0. The lowest BCUT2D eigenvalue weighted by molar-refractivity contribution is 0.116. The molecule has 0 aromatic carbocycles. The van der Waals surface area contributed by atoms with Crippen LogP contribution in [0.4, 0.5) is 4.79 Å². The highest BCUT2D eigenvalue weighted by Gasteiger charge is 2.14. The monoisotopic (exact) mass is 185 g/mol. The Morgan fingerprint density at radius 1 is 1.38 bits per heavy atom. The summed E-state index contributed by atoms with van der Waals surface area (Å²) in [5.41, 5.74) is 0. The van der Waals surface area contributed by atoms with Crippen LogP contribution in [0.3, 0.4) is 0 Å². The SMILES string of the molecule is CCNC(=O)OCC1CCCCC1. The van der Waals surface area contributed by atoms with Gasteiger partial charge in [0.2, 0.25) is 0 Å². The summed E-state index contributed by atoms with van der Waals surface area (Å²) in [4.78, 5) is 11.0. The van der Waals surface area contributed by atoms with Crippen molar-refractivity contribution in [2.24, 2.45) is 5.92 Å². The summed E-state index contributed by atoms with van der Waals surface area (Å²) in [6.07, 6.45) is 6.11. The molecule has 1 aliphatic carbocycles. The molecule has 0 spiro atoms. The molecule has 0 bridgehead atoms. The van der Waals surface area contributed by atoms with Gasteiger partial charge in [0.15, 0.2) is 0 Å². The van der Waals surface area contributed by atoms with E-state index in [2.05, 4.69) is 5.32 Å². The van der Waals surface area contributed by atoms with E-state index >= 15 is 0 Å². The average Bonchev–Trinajstić information content (AvgIpc) is 2.17. The maximum absolute atomic E-state index is 11.0. The first-order chi connectivity index (χ1) is 6.33. The van der Waals surface area contributed by atoms with E-state index in [1.165, 1.54) is 32.1 Å². The number of amides is 1. The largest absolute Gasteiger partial charge is 0.449 e. The van der Waals surface area contributed by atoms with Crippen LogP contribution >= 0.6 is 0 Å². The molecule has 0 unspecified atom stereocenters. The Balaban J connectivity index is 2.06. The number of carbonyl (C=O) groups excluding carboxylic acids is 1. The van der Waals surface area contributed by atoms with Crippen molar-refractivity contribution in [1.82, 2.24) is 5.32 Å². The van der Waals surface area contributed by atoms with Crippen molar-refractivity contribution in [3.8, 4) is 0 Å². The van der Waals surface area contributed by atoms with Crippen molar-refractivity contribution in [3.63, 3.8) is 0 Å². The van der Waals surface area contributed by atoms with E-state index in [0.29, 0.717) is 19.1 Å². The second-order valence-corrected chi connectivity index (χ2v) is 3.63. The van der Waals surface area contributed by atoms with Gasteiger partial charge >= 0.3 is 6.09 Å². The van der Waals surface area contributed by atoms with Crippen molar-refractivity contribution in [1.29, 1.82) is 0 Å². The van der Waals surface area contributed by atoms with E-state index in [0.717, 1.165) is 0 Å². The fourth-order valence-corrected chi connectivity index (χ4v) is 1.74. The highest BCUT2D eigenvalue weighted by Crippen LogP contribution is 2.23. The molecular weight excluding hydrogens is 166 g/mol. The number of hydrogen-bond acceptors (Lipinski definition) is 2. The molecule has 1 amide bonds. The lowest BCUT2D eigenvalue weighted by Crippen LogP contribution is -2.26. The van der Waals surface area contributed by atoms with Gasteiger partial charge in [-0.1, -0.05) is 19.3 Å². The Kier molecular flexibility index (Phi) is 4.65. The summed E-state index contributed by atoms with van der Waals surface area (Å²) in [6, 6.07) is 0. The minimum atomic E-state index is -0.270. The van der Waals surface area contributed by atoms with E-state index in [-0.39, 0.29) is 6.09 Å². The summed E-state index contributed by atoms with van der Waals surface area (Å²) in [5, 5.41) is 2.62. The summed E-state index contributed by atoms with van der Waals surface area (Å²) in [7, 11) is 0. The van der Waals surface area contributed by atoms with E-state index in [1.54, 1.807) is 0 Å². The fourth-order valence-electron chi connectivity index (χ4n) is 1.74. The quantitative estimate of drug-likeness (QED) is 0.732. The molecule has 3 nitrogen and oxygen atoms in total. The van der Waals surface area contributed by atoms with Crippen LogP contribution in [-0.4, -0.2) is 19.2 Å². The van der Waals surface area contributed by atoms with Crippen LogP contribution in [0, 0.1) is 5.92 Å². The molecule has 1 fully saturated rings. The van der Waals surface area contributed by atoms with E-state index in [9.17, 15) is 4.79 Å². The molecule has 1 rings (SSSR count). The molecule has 0 atom stereocenters. The molecule has 1 aliphatic rings. The summed E-state index contributed by atoms with van der Waals surface area (Å²) in [6.45, 7) is 3.14. The summed E-state index contributed by atoms with van der Waals surface area (Å²) in [5.74, 6) is 0.608. The molecule has 1 saturated carbocycles. The number of ether oxygens (including phenoxy) is 1. The van der Waals surface area contributed by atoms with Gasteiger partial charge in [0.1, 0.15) is 0 Å². The van der Waals surface area contributed by atoms with Gasteiger partial charge in [-0.05, 0) is 25.7 Å². The average molecular weight is 185 g/mol. The van der Waals surface area contributed by atoms with Gasteiger partial charge in [-0.2, -0.15) is 0 Å². The topological polar surface area (TPSA) is 38.3 Å². The van der Waals surface area contributed by atoms with Crippen LogP contribution in [0.5, 0.6) is 0 Å². The molecule has 13 heavy (non-hydrogen) atoms. The Morgan fingerprint density at radius 3 is 2.69 bits per heavy atom. The van der Waals surface area contributed by atoms with Gasteiger partial charge < -0.3 is 10.1 Å². The van der Waals surface area contributed by atoms with E-state index in [1.807, 2.05) is 6.92 Å². The van der Waals surface area contributed by atoms with E-state index in [4.69, 9.17) is 4.74 Å². The summed E-state index contributed by atoms with van der Waals surface area (Å²) < 4.78 is 5.07. The molecule has 3 heteroatoms. The number of hydrogen-bond donors (Lipinski definition) is 1. The number of alkyl carbamates (subject to hydrolysis) is 1. The third kappa shape index (κ3) is 4.15. The Hall–Kier alpha value is -0.730. The molecule has 1 N–H and O–H groups in total. The predicted octanol–water partition coefficient (Wildman–Crippen LogP) is 2.31. The fraction of sp³-hybridized carbons (Fsp3) is 0.900. The Bertz CT molecular complexity index is 153.